The Labute approximate surface area is 93.6 Å². The van der Waals surface area contributed by atoms with Gasteiger partial charge in [-0.3, -0.25) is 0 Å². The summed E-state index contributed by atoms with van der Waals surface area (Å²) in [5, 5.41) is 0. The van der Waals surface area contributed by atoms with Crippen molar-refractivity contribution in [1.29, 1.82) is 0 Å². The lowest BCUT2D eigenvalue weighted by Crippen LogP contribution is -2.31. The quantitative estimate of drug-likeness (QED) is 0.415. The van der Waals surface area contributed by atoms with Gasteiger partial charge in [-0.2, -0.15) is 12.6 Å². The average molecular weight is 211 g/mol. The van der Waals surface area contributed by atoms with Crippen LogP contribution in [0.1, 0.15) is 20.8 Å². The minimum absolute atomic E-state index is 0.157. The molecule has 14 heavy (non-hydrogen) atoms. The van der Waals surface area contributed by atoms with E-state index in [9.17, 15) is 0 Å². The van der Waals surface area contributed by atoms with Gasteiger partial charge < -0.3 is 4.90 Å². The van der Waals surface area contributed by atoms with Crippen molar-refractivity contribution in [3.05, 3.63) is 36.6 Å². The van der Waals surface area contributed by atoms with Gasteiger partial charge in [0.15, 0.2) is 0 Å². The Hall–Kier alpha value is -0.630. The smallest absolute Gasteiger partial charge is 0.0473 e. The maximum atomic E-state index is 4.59. The summed E-state index contributed by atoms with van der Waals surface area (Å²) in [4.78, 5) is 2.15. The zero-order valence-electron chi connectivity index (χ0n) is 9.67. The van der Waals surface area contributed by atoms with E-state index in [1.807, 2.05) is 19.2 Å². The molecule has 0 radical (unpaired) electrons. The van der Waals surface area contributed by atoms with Gasteiger partial charge in [0, 0.05) is 24.0 Å². The molecule has 0 rings (SSSR count). The second-order valence-corrected chi connectivity index (χ2v) is 5.08. The number of likely N-dealkylation sites (N-methyl/N-ethyl adjacent to an activating group) is 1. The molecule has 0 aliphatic heterocycles. The van der Waals surface area contributed by atoms with E-state index in [-0.39, 0.29) is 4.75 Å². The van der Waals surface area contributed by atoms with E-state index in [1.54, 1.807) is 0 Å². The van der Waals surface area contributed by atoms with Crippen molar-refractivity contribution in [2.45, 2.75) is 25.5 Å². The van der Waals surface area contributed by atoms with E-state index in [0.29, 0.717) is 0 Å². The normalized spacial score (nSPS) is 13.2. The van der Waals surface area contributed by atoms with Crippen LogP contribution in [0.5, 0.6) is 0 Å². The van der Waals surface area contributed by atoms with Crippen molar-refractivity contribution < 1.29 is 0 Å². The summed E-state index contributed by atoms with van der Waals surface area (Å²) >= 11 is 4.59. The van der Waals surface area contributed by atoms with E-state index in [1.165, 1.54) is 5.70 Å². The minimum atomic E-state index is -0.157. The highest BCUT2D eigenvalue weighted by Gasteiger charge is 2.22. The summed E-state index contributed by atoms with van der Waals surface area (Å²) < 4.78 is -0.157. The van der Waals surface area contributed by atoms with Crippen molar-refractivity contribution in [2.75, 3.05) is 13.6 Å². The van der Waals surface area contributed by atoms with E-state index in [4.69, 9.17) is 0 Å². The van der Waals surface area contributed by atoms with Crippen LogP contribution in [0, 0.1) is 0 Å². The zero-order chi connectivity index (χ0) is 11.4. The fourth-order valence-electron chi connectivity index (χ4n) is 1.63. The molecule has 0 aromatic carbocycles. The molecule has 0 spiro atoms. The third-order valence-electron chi connectivity index (χ3n) is 2.04. The van der Waals surface area contributed by atoms with Crippen LogP contribution in [0.15, 0.2) is 36.6 Å². The zero-order valence-corrected chi connectivity index (χ0v) is 10.6. The fraction of sp³-hybridized carbons (Fsp3) is 0.500. The van der Waals surface area contributed by atoms with Crippen LogP contribution < -0.4 is 0 Å². The Kier molecular flexibility index (Phi) is 5.06. The number of rotatable bonds is 5. The Morgan fingerprint density at radius 1 is 1.43 bits per heavy atom. The highest BCUT2D eigenvalue weighted by molar-refractivity contribution is 7.82. The first-order chi connectivity index (χ1) is 6.34. The molecule has 0 atom stereocenters. The van der Waals surface area contributed by atoms with E-state index in [0.717, 1.165) is 12.1 Å². The number of nitrogens with zero attached hydrogens (tertiary/aromatic N) is 1. The van der Waals surface area contributed by atoms with Crippen LogP contribution in [0.25, 0.3) is 0 Å². The fourth-order valence-corrected chi connectivity index (χ4v) is 1.98. The second kappa shape index (κ2) is 5.30. The van der Waals surface area contributed by atoms with Gasteiger partial charge in [0.2, 0.25) is 0 Å². The van der Waals surface area contributed by atoms with Gasteiger partial charge in [0.25, 0.3) is 0 Å². The predicted octanol–water partition coefficient (Wildman–Crippen LogP) is 3.27. The van der Waals surface area contributed by atoms with Crippen LogP contribution in [-0.2, 0) is 0 Å². The standard InChI is InChI=1S/C12H21NS/c1-7-9-13(6)11(10(3)8-2)12(4,5)14/h7-8,14H,1-2,9H2,3-6H3/b11-10-. The lowest BCUT2D eigenvalue weighted by molar-refractivity contribution is 0.421. The van der Waals surface area contributed by atoms with Gasteiger partial charge in [0.1, 0.15) is 0 Å². The summed E-state index contributed by atoms with van der Waals surface area (Å²) in [7, 11) is 2.04. The molecule has 0 fully saturated rings. The molecule has 1 nitrogen and oxygen atoms in total. The Bertz CT molecular complexity index is 246. The van der Waals surface area contributed by atoms with Crippen molar-refractivity contribution in [3.63, 3.8) is 0 Å². The van der Waals surface area contributed by atoms with Crippen molar-refractivity contribution in [3.8, 4) is 0 Å². The first kappa shape index (κ1) is 13.4. The summed E-state index contributed by atoms with van der Waals surface area (Å²) in [5.41, 5.74) is 2.35. The van der Waals surface area contributed by atoms with Gasteiger partial charge in [-0.05, 0) is 26.3 Å². The van der Waals surface area contributed by atoms with E-state index >= 15 is 0 Å². The number of hydrogen-bond acceptors (Lipinski definition) is 2. The molecule has 0 N–H and O–H groups in total. The monoisotopic (exact) mass is 211 g/mol. The molecule has 0 aliphatic rings. The number of thiol groups is 1. The van der Waals surface area contributed by atoms with Crippen LogP contribution >= 0.6 is 12.6 Å². The molecule has 0 saturated carbocycles. The average Bonchev–Trinajstić information content (AvgIpc) is 2.02. The van der Waals surface area contributed by atoms with Gasteiger partial charge in [-0.1, -0.05) is 18.7 Å². The van der Waals surface area contributed by atoms with E-state index < -0.39 is 0 Å². The SMILES string of the molecule is C=CCN(C)/C(=C(/C)C=C)C(C)(C)S. The molecular formula is C12H21NS. The molecule has 0 unspecified atom stereocenters. The Morgan fingerprint density at radius 2 is 1.93 bits per heavy atom. The molecule has 0 aliphatic carbocycles. The molecule has 0 amide bonds. The first-order valence-electron chi connectivity index (χ1n) is 4.72. The van der Waals surface area contributed by atoms with Crippen LogP contribution in [0.4, 0.5) is 0 Å². The van der Waals surface area contributed by atoms with Gasteiger partial charge in [0.05, 0.1) is 0 Å². The van der Waals surface area contributed by atoms with Gasteiger partial charge in [-0.25, -0.2) is 0 Å². The largest absolute Gasteiger partial charge is 0.373 e. The number of hydrogen-bond donors (Lipinski definition) is 1. The molecular weight excluding hydrogens is 190 g/mol. The van der Waals surface area contributed by atoms with Crippen molar-refractivity contribution in [1.82, 2.24) is 4.90 Å². The summed E-state index contributed by atoms with van der Waals surface area (Å²) in [6.45, 7) is 14.6. The first-order valence-corrected chi connectivity index (χ1v) is 5.17. The molecule has 0 saturated heterocycles. The predicted molar refractivity (Wildman–Crippen MR) is 68.8 cm³/mol. The second-order valence-electron chi connectivity index (χ2n) is 3.96. The van der Waals surface area contributed by atoms with Gasteiger partial charge >= 0.3 is 0 Å². The third-order valence-corrected chi connectivity index (χ3v) is 2.26. The Morgan fingerprint density at radius 3 is 2.21 bits per heavy atom. The summed E-state index contributed by atoms with van der Waals surface area (Å²) in [6.07, 6.45) is 3.75. The van der Waals surface area contributed by atoms with Gasteiger partial charge in [-0.15, -0.1) is 6.58 Å². The number of allylic oxidation sites excluding steroid dienone is 2. The van der Waals surface area contributed by atoms with E-state index in [2.05, 4.69) is 51.5 Å². The molecule has 0 aromatic heterocycles. The maximum Gasteiger partial charge on any atom is 0.0473 e. The highest BCUT2D eigenvalue weighted by atomic mass is 32.1. The molecule has 2 heteroatoms. The molecule has 0 aromatic rings. The summed E-state index contributed by atoms with van der Waals surface area (Å²) in [6, 6.07) is 0. The third kappa shape index (κ3) is 3.62. The summed E-state index contributed by atoms with van der Waals surface area (Å²) in [5.74, 6) is 0. The lowest BCUT2D eigenvalue weighted by Gasteiger charge is -2.32. The van der Waals surface area contributed by atoms with Crippen molar-refractivity contribution in [2.24, 2.45) is 0 Å². The highest BCUT2D eigenvalue weighted by Crippen LogP contribution is 2.28. The van der Waals surface area contributed by atoms with Crippen molar-refractivity contribution >= 4 is 12.6 Å². The minimum Gasteiger partial charge on any atom is -0.373 e. The topological polar surface area (TPSA) is 3.24 Å². The van der Waals surface area contributed by atoms with Crippen LogP contribution in [-0.4, -0.2) is 23.2 Å². The molecule has 0 heterocycles. The molecule has 0 bridgehead atoms. The lowest BCUT2D eigenvalue weighted by atomic mass is 10.0. The Balaban J connectivity index is 5.12. The molecule has 80 valence electrons. The van der Waals surface area contributed by atoms with Crippen LogP contribution in [0.2, 0.25) is 0 Å². The maximum absolute atomic E-state index is 4.59. The van der Waals surface area contributed by atoms with Crippen LogP contribution in [0.3, 0.4) is 0 Å².